The van der Waals surface area contributed by atoms with Gasteiger partial charge in [-0.3, -0.25) is 81.8 Å². The number of hydrazine groups is 4. The second-order valence-electron chi connectivity index (χ2n) is 22.4. The van der Waals surface area contributed by atoms with Gasteiger partial charge in [0.25, 0.3) is 47.3 Å². The van der Waals surface area contributed by atoms with Crippen molar-refractivity contribution in [3.8, 4) is 34.5 Å². The first-order valence-corrected chi connectivity index (χ1v) is 31.4. The van der Waals surface area contributed by atoms with Crippen LogP contribution in [0.1, 0.15) is 201 Å². The number of amides is 8. The minimum Gasteiger partial charge on any atom is -0.493 e. The van der Waals surface area contributed by atoms with Crippen LogP contribution in [0.2, 0.25) is 0 Å². The number of hydrogen-bond acceptors (Lipinski definition) is 14. The zero-order chi connectivity index (χ0) is 66.0. The number of para-hydroxylation sites is 4. The van der Waals surface area contributed by atoms with E-state index in [9.17, 15) is 38.4 Å². The van der Waals surface area contributed by atoms with E-state index in [1.54, 1.807) is 72.8 Å². The molecule has 22 nitrogen and oxygen atoms in total. The Morgan fingerprint density at radius 2 is 0.533 bits per heavy atom. The number of carbonyl (C=O) groups excluding carboxylic acids is 8. The molecule has 0 heterocycles. The Balaban J connectivity index is 1.01. The molecule has 6 rings (SSSR count). The molecule has 0 atom stereocenters. The van der Waals surface area contributed by atoms with E-state index < -0.39 is 47.3 Å². The van der Waals surface area contributed by atoms with Gasteiger partial charge in [-0.05, 0) is 110 Å². The number of hydrogen-bond donors (Lipinski definition) is 8. The van der Waals surface area contributed by atoms with Crippen LogP contribution in [0.25, 0.3) is 0 Å². The van der Waals surface area contributed by atoms with Crippen molar-refractivity contribution in [2.45, 2.75) is 119 Å². The summed E-state index contributed by atoms with van der Waals surface area (Å²) < 4.78 is 35.5. The van der Waals surface area contributed by atoms with Gasteiger partial charge in [-0.1, -0.05) is 154 Å². The van der Waals surface area contributed by atoms with Crippen molar-refractivity contribution in [3.05, 3.63) is 178 Å². The van der Waals surface area contributed by atoms with Crippen molar-refractivity contribution >= 4 is 47.3 Å². The maximum absolute atomic E-state index is 13.6. The Hall–Kier alpha value is -10.1. The predicted molar refractivity (Wildman–Crippen MR) is 348 cm³/mol. The summed E-state index contributed by atoms with van der Waals surface area (Å²) in [5, 5.41) is 0. The summed E-state index contributed by atoms with van der Waals surface area (Å²) in [5.74, 6) is -4.23. The summed E-state index contributed by atoms with van der Waals surface area (Å²) in [6.07, 6.45) is 12.9. The molecule has 6 aromatic carbocycles. The first-order chi connectivity index (χ1) is 44.5. The molecule has 0 saturated carbocycles. The molecule has 22 heteroatoms. The molecule has 0 spiro atoms. The molecule has 0 fully saturated rings. The number of unbranched alkanes of at least 4 members (excludes halogenated alkanes) is 10. The van der Waals surface area contributed by atoms with Crippen LogP contribution in [0, 0.1) is 11.8 Å². The smallest absolute Gasteiger partial charge is 0.273 e. The van der Waals surface area contributed by atoms with Crippen LogP contribution >= 0.6 is 0 Å². The minimum absolute atomic E-state index is 0.0248. The molecule has 0 unspecified atom stereocenters. The Kier molecular flexibility index (Phi) is 29.6. The Bertz CT molecular complexity index is 3210. The zero-order valence-electron chi connectivity index (χ0n) is 53.3. The van der Waals surface area contributed by atoms with Crippen molar-refractivity contribution < 1.29 is 66.8 Å². The highest BCUT2D eigenvalue weighted by molar-refractivity contribution is 6.05. The van der Waals surface area contributed by atoms with Crippen molar-refractivity contribution in [1.29, 1.82) is 0 Å². The SMILES string of the molecule is CCCCCCCCOc1ccccc1C(=O)NNC(=O)c1cc(OCC(C)C)cc(C(=O)NNC(=O)c2ccccc2OCCOc2ccccc2C(=O)NNC(=O)c2cc(OCC(C)C)cc(C(=O)NNC(=O)c3ccccc3OCCCCCCCC)c2)c1. The molecule has 92 heavy (non-hydrogen) atoms. The standard InChI is InChI=1S/C70H86N8O14/c1-7-9-11-13-15-25-35-87-59-31-21-17-27-55(59)67(83)75-71-63(79)49-39-51(43-53(41-49)91-45-47(3)4)65(81)73-77-69(85)57-29-19-23-33-61(57)89-37-38-90-62-34-24-20-30-58(62)70(86)78-74-66(82)52-40-50(42-54(44-52)92-46-48(5)6)64(80)72-76-68(84)56-28-18-22-32-60(56)88-36-26-16-14-12-10-8-2/h17-24,27-34,39-44,47-48H,7-16,25-26,35-38,45-46H2,1-6H3,(H,71,79)(H,72,80)(H,73,81)(H,74,82)(H,75,83)(H,76,84)(H,77,85)(H,78,86). The van der Waals surface area contributed by atoms with Crippen LogP contribution < -0.4 is 71.8 Å². The van der Waals surface area contributed by atoms with E-state index in [4.69, 9.17) is 28.4 Å². The molecule has 0 saturated heterocycles. The van der Waals surface area contributed by atoms with Gasteiger partial charge >= 0.3 is 0 Å². The number of benzene rings is 6. The van der Waals surface area contributed by atoms with Crippen LogP contribution in [0.15, 0.2) is 133 Å². The molecule has 0 aliphatic rings. The van der Waals surface area contributed by atoms with Crippen LogP contribution in [0.3, 0.4) is 0 Å². The Morgan fingerprint density at radius 1 is 0.293 bits per heavy atom. The quantitative estimate of drug-likeness (QED) is 0.0136. The van der Waals surface area contributed by atoms with Gasteiger partial charge in [0.2, 0.25) is 0 Å². The topological polar surface area (TPSA) is 288 Å². The highest BCUT2D eigenvalue weighted by Gasteiger charge is 2.22. The maximum atomic E-state index is 13.6. The summed E-state index contributed by atoms with van der Waals surface area (Å²) in [6, 6.07) is 34.2. The van der Waals surface area contributed by atoms with Gasteiger partial charge in [-0.15, -0.1) is 0 Å². The summed E-state index contributed by atoms with van der Waals surface area (Å²) in [5.41, 5.74) is 19.6. The lowest BCUT2D eigenvalue weighted by Gasteiger charge is -2.16. The van der Waals surface area contributed by atoms with E-state index in [1.165, 1.54) is 86.3 Å². The molecule has 0 aliphatic heterocycles. The lowest BCUT2D eigenvalue weighted by atomic mass is 10.1. The van der Waals surface area contributed by atoms with Gasteiger partial charge in [0.05, 0.1) is 48.7 Å². The molecule has 8 amide bonds. The third-order valence-electron chi connectivity index (χ3n) is 13.8. The number of rotatable bonds is 35. The second kappa shape index (κ2) is 38.4. The van der Waals surface area contributed by atoms with Crippen molar-refractivity contribution in [3.63, 3.8) is 0 Å². The fraction of sp³-hybridized carbons (Fsp3) is 0.371. The average Bonchev–Trinajstić information content (AvgIpc) is 1.65. The molecular formula is C70H86N8O14. The van der Waals surface area contributed by atoms with Crippen LogP contribution in [0.5, 0.6) is 34.5 Å². The van der Waals surface area contributed by atoms with Gasteiger partial charge < -0.3 is 28.4 Å². The molecular weight excluding hydrogens is 1180 g/mol. The molecule has 6 aromatic rings. The summed E-state index contributed by atoms with van der Waals surface area (Å²) >= 11 is 0. The number of ether oxygens (including phenoxy) is 6. The highest BCUT2D eigenvalue weighted by Crippen LogP contribution is 2.25. The fourth-order valence-corrected chi connectivity index (χ4v) is 8.98. The number of nitrogens with one attached hydrogen (secondary N) is 8. The lowest BCUT2D eigenvalue weighted by Crippen LogP contribution is -2.42. The van der Waals surface area contributed by atoms with E-state index in [0.717, 1.165) is 51.4 Å². The van der Waals surface area contributed by atoms with Crippen LogP contribution in [-0.2, 0) is 0 Å². The number of carbonyl (C=O) groups is 8. The van der Waals surface area contributed by atoms with Crippen molar-refractivity contribution in [1.82, 2.24) is 43.4 Å². The average molecular weight is 1260 g/mol. The van der Waals surface area contributed by atoms with Crippen LogP contribution in [0.4, 0.5) is 0 Å². The molecule has 0 aromatic heterocycles. The lowest BCUT2D eigenvalue weighted by molar-refractivity contribution is 0.0838. The minimum atomic E-state index is -0.794. The molecule has 8 N–H and O–H groups in total. The monoisotopic (exact) mass is 1260 g/mol. The van der Waals surface area contributed by atoms with Crippen LogP contribution in [-0.4, -0.2) is 86.9 Å². The Labute approximate surface area is 537 Å². The summed E-state index contributed by atoms with van der Waals surface area (Å²) in [4.78, 5) is 108. The Morgan fingerprint density at radius 3 is 0.804 bits per heavy atom. The van der Waals surface area contributed by atoms with Crippen molar-refractivity contribution in [2.24, 2.45) is 11.8 Å². The van der Waals surface area contributed by atoms with E-state index in [0.29, 0.717) is 24.7 Å². The highest BCUT2D eigenvalue weighted by atomic mass is 16.5. The fourth-order valence-electron chi connectivity index (χ4n) is 8.98. The maximum Gasteiger partial charge on any atom is 0.273 e. The molecule has 0 radical (unpaired) electrons. The molecule has 0 bridgehead atoms. The van der Waals surface area contributed by atoms with E-state index in [1.807, 2.05) is 27.7 Å². The van der Waals surface area contributed by atoms with E-state index in [2.05, 4.69) is 57.3 Å². The van der Waals surface area contributed by atoms with Gasteiger partial charge in [0, 0.05) is 22.3 Å². The van der Waals surface area contributed by atoms with E-state index in [-0.39, 0.29) is 106 Å². The first-order valence-electron chi connectivity index (χ1n) is 31.4. The normalized spacial score (nSPS) is 10.7. The predicted octanol–water partition coefficient (Wildman–Crippen LogP) is 11.0. The summed E-state index contributed by atoms with van der Waals surface area (Å²) in [6.45, 7) is 13.2. The third-order valence-corrected chi connectivity index (χ3v) is 13.8. The van der Waals surface area contributed by atoms with Crippen molar-refractivity contribution in [2.75, 3.05) is 39.6 Å². The van der Waals surface area contributed by atoms with Gasteiger partial charge in [0.1, 0.15) is 47.7 Å². The molecule has 0 aliphatic carbocycles. The first kappa shape index (κ1) is 71.0. The second-order valence-corrected chi connectivity index (χ2v) is 22.4. The molecule has 490 valence electrons. The zero-order valence-corrected chi connectivity index (χ0v) is 53.3. The van der Waals surface area contributed by atoms with Gasteiger partial charge in [-0.25, -0.2) is 0 Å². The van der Waals surface area contributed by atoms with Gasteiger partial charge in [-0.2, -0.15) is 0 Å². The van der Waals surface area contributed by atoms with Gasteiger partial charge in [0.15, 0.2) is 0 Å². The van der Waals surface area contributed by atoms with E-state index >= 15 is 0 Å². The third kappa shape index (κ3) is 23.7. The summed E-state index contributed by atoms with van der Waals surface area (Å²) in [7, 11) is 0. The largest absolute Gasteiger partial charge is 0.493 e.